The molecule has 0 aromatic carbocycles. The van der Waals surface area contributed by atoms with Crippen LogP contribution in [-0.4, -0.2) is 25.2 Å². The summed E-state index contributed by atoms with van der Waals surface area (Å²) in [5.74, 6) is 0.592. The number of carbonyl (C=O) groups excluding carboxylic acids is 1. The monoisotopic (exact) mass is 197 g/mol. The molecule has 2 aliphatic carbocycles. The second kappa shape index (κ2) is 4.78. The van der Waals surface area contributed by atoms with E-state index in [1.54, 1.807) is 0 Å². The summed E-state index contributed by atoms with van der Waals surface area (Å²) >= 11 is 0. The van der Waals surface area contributed by atoms with Crippen LogP contribution in [0, 0.1) is 5.92 Å². The lowest BCUT2D eigenvalue weighted by molar-refractivity contribution is -0.143. The standard InChI is InChI=1S/C11H19NO2/c13-11(14-8-9-5-6-9)7-12-10-3-1-2-4-10/h9-10,12H,1-8H2. The van der Waals surface area contributed by atoms with Crippen LogP contribution in [0.15, 0.2) is 0 Å². The van der Waals surface area contributed by atoms with Crippen LogP contribution in [0.5, 0.6) is 0 Å². The first-order chi connectivity index (χ1) is 6.84. The number of nitrogens with one attached hydrogen (secondary N) is 1. The molecule has 0 aromatic heterocycles. The molecule has 2 saturated carbocycles. The molecule has 14 heavy (non-hydrogen) atoms. The van der Waals surface area contributed by atoms with Gasteiger partial charge in [-0.25, -0.2) is 0 Å². The van der Waals surface area contributed by atoms with E-state index in [4.69, 9.17) is 4.74 Å². The van der Waals surface area contributed by atoms with Crippen molar-refractivity contribution in [2.24, 2.45) is 5.92 Å². The van der Waals surface area contributed by atoms with Crippen molar-refractivity contribution in [3.8, 4) is 0 Å². The summed E-state index contributed by atoms with van der Waals surface area (Å²) in [6.45, 7) is 1.04. The zero-order valence-electron chi connectivity index (χ0n) is 8.63. The molecule has 3 nitrogen and oxygen atoms in total. The molecule has 0 saturated heterocycles. The van der Waals surface area contributed by atoms with Crippen LogP contribution in [0.4, 0.5) is 0 Å². The molecule has 2 fully saturated rings. The molecule has 0 aliphatic heterocycles. The highest BCUT2D eigenvalue weighted by Gasteiger charge is 2.23. The lowest BCUT2D eigenvalue weighted by Gasteiger charge is -2.10. The molecular weight excluding hydrogens is 178 g/mol. The number of hydrogen-bond acceptors (Lipinski definition) is 3. The lowest BCUT2D eigenvalue weighted by Crippen LogP contribution is -2.32. The minimum absolute atomic E-state index is 0.0798. The van der Waals surface area contributed by atoms with Gasteiger partial charge < -0.3 is 10.1 Å². The summed E-state index contributed by atoms with van der Waals surface area (Å²) in [5, 5.41) is 3.25. The average molecular weight is 197 g/mol. The number of carbonyl (C=O) groups is 1. The average Bonchev–Trinajstić information content (AvgIpc) is 2.87. The molecule has 0 bridgehead atoms. The number of ether oxygens (including phenoxy) is 1. The molecule has 0 heterocycles. The van der Waals surface area contributed by atoms with E-state index in [1.807, 2.05) is 0 Å². The molecule has 0 aromatic rings. The van der Waals surface area contributed by atoms with Crippen molar-refractivity contribution in [3.05, 3.63) is 0 Å². The summed E-state index contributed by atoms with van der Waals surface area (Å²) in [7, 11) is 0. The predicted octanol–water partition coefficient (Wildman–Crippen LogP) is 1.47. The summed E-state index contributed by atoms with van der Waals surface area (Å²) in [6, 6.07) is 0.559. The second-order valence-corrected chi connectivity index (χ2v) is 4.49. The van der Waals surface area contributed by atoms with Gasteiger partial charge in [0, 0.05) is 6.04 Å². The molecule has 0 spiro atoms. The fourth-order valence-corrected chi connectivity index (χ4v) is 1.90. The fraction of sp³-hybridized carbons (Fsp3) is 0.909. The Bertz CT molecular complexity index is 195. The van der Waals surface area contributed by atoms with Crippen molar-refractivity contribution >= 4 is 5.97 Å². The van der Waals surface area contributed by atoms with Crippen LogP contribution in [0.2, 0.25) is 0 Å². The molecule has 3 heteroatoms. The van der Waals surface area contributed by atoms with Crippen LogP contribution >= 0.6 is 0 Å². The van der Waals surface area contributed by atoms with Gasteiger partial charge in [-0.2, -0.15) is 0 Å². The van der Waals surface area contributed by atoms with Crippen molar-refractivity contribution in [2.75, 3.05) is 13.2 Å². The van der Waals surface area contributed by atoms with Gasteiger partial charge in [-0.15, -0.1) is 0 Å². The highest BCUT2D eigenvalue weighted by Crippen LogP contribution is 2.28. The van der Waals surface area contributed by atoms with E-state index in [2.05, 4.69) is 5.32 Å². The van der Waals surface area contributed by atoms with Gasteiger partial charge >= 0.3 is 5.97 Å². The van der Waals surface area contributed by atoms with E-state index >= 15 is 0 Å². The van der Waals surface area contributed by atoms with Crippen LogP contribution < -0.4 is 5.32 Å². The van der Waals surface area contributed by atoms with Gasteiger partial charge in [0.05, 0.1) is 13.2 Å². The third-order valence-corrected chi connectivity index (χ3v) is 3.07. The smallest absolute Gasteiger partial charge is 0.319 e. The third-order valence-electron chi connectivity index (χ3n) is 3.07. The van der Waals surface area contributed by atoms with Gasteiger partial charge in [0.15, 0.2) is 0 Å². The zero-order valence-corrected chi connectivity index (χ0v) is 8.63. The van der Waals surface area contributed by atoms with E-state index in [0.717, 1.165) is 0 Å². The van der Waals surface area contributed by atoms with Gasteiger partial charge in [-0.05, 0) is 31.6 Å². The maximum absolute atomic E-state index is 11.2. The van der Waals surface area contributed by atoms with Crippen LogP contribution in [-0.2, 0) is 9.53 Å². The highest BCUT2D eigenvalue weighted by molar-refractivity contribution is 5.71. The quantitative estimate of drug-likeness (QED) is 0.678. The minimum Gasteiger partial charge on any atom is -0.464 e. The van der Waals surface area contributed by atoms with E-state index in [1.165, 1.54) is 38.5 Å². The fourth-order valence-electron chi connectivity index (χ4n) is 1.90. The van der Waals surface area contributed by atoms with Gasteiger partial charge in [0.2, 0.25) is 0 Å². The summed E-state index contributed by atoms with van der Waals surface area (Å²) in [6.07, 6.45) is 7.52. The molecule has 2 rings (SSSR count). The van der Waals surface area contributed by atoms with Crippen molar-refractivity contribution in [3.63, 3.8) is 0 Å². The van der Waals surface area contributed by atoms with E-state index in [-0.39, 0.29) is 5.97 Å². The number of rotatable bonds is 5. The minimum atomic E-state index is -0.0798. The van der Waals surface area contributed by atoms with Crippen molar-refractivity contribution < 1.29 is 9.53 Å². The van der Waals surface area contributed by atoms with Crippen LogP contribution in [0.25, 0.3) is 0 Å². The maximum atomic E-state index is 11.2. The summed E-state index contributed by atoms with van der Waals surface area (Å²) in [5.41, 5.74) is 0. The van der Waals surface area contributed by atoms with E-state index < -0.39 is 0 Å². The largest absolute Gasteiger partial charge is 0.464 e. The Morgan fingerprint density at radius 2 is 1.93 bits per heavy atom. The van der Waals surface area contributed by atoms with Gasteiger partial charge in [-0.3, -0.25) is 4.79 Å². The molecule has 0 amide bonds. The molecule has 0 atom stereocenters. The van der Waals surface area contributed by atoms with Crippen LogP contribution in [0.3, 0.4) is 0 Å². The Balaban J connectivity index is 1.52. The van der Waals surface area contributed by atoms with Crippen molar-refractivity contribution in [1.29, 1.82) is 0 Å². The normalized spacial score (nSPS) is 22.6. The Hall–Kier alpha value is -0.570. The second-order valence-electron chi connectivity index (χ2n) is 4.49. The van der Waals surface area contributed by atoms with Gasteiger partial charge in [0.1, 0.15) is 0 Å². The molecule has 1 N–H and O–H groups in total. The molecule has 0 radical (unpaired) electrons. The van der Waals surface area contributed by atoms with E-state index in [0.29, 0.717) is 25.1 Å². The lowest BCUT2D eigenvalue weighted by atomic mass is 10.2. The summed E-state index contributed by atoms with van der Waals surface area (Å²) < 4.78 is 5.12. The predicted molar refractivity (Wildman–Crippen MR) is 53.9 cm³/mol. The highest BCUT2D eigenvalue weighted by atomic mass is 16.5. The van der Waals surface area contributed by atoms with E-state index in [9.17, 15) is 4.79 Å². The Labute approximate surface area is 85.2 Å². The third kappa shape index (κ3) is 3.29. The molecular formula is C11H19NO2. The topological polar surface area (TPSA) is 38.3 Å². The first-order valence-corrected chi connectivity index (χ1v) is 5.73. The van der Waals surface area contributed by atoms with Crippen molar-refractivity contribution in [1.82, 2.24) is 5.32 Å². The van der Waals surface area contributed by atoms with Crippen LogP contribution in [0.1, 0.15) is 38.5 Å². The summed E-state index contributed by atoms with van der Waals surface area (Å²) in [4.78, 5) is 11.2. The zero-order chi connectivity index (χ0) is 9.80. The van der Waals surface area contributed by atoms with Crippen molar-refractivity contribution in [2.45, 2.75) is 44.6 Å². The SMILES string of the molecule is O=C(CNC1CCCC1)OCC1CC1. The molecule has 0 unspecified atom stereocenters. The first-order valence-electron chi connectivity index (χ1n) is 5.73. The Morgan fingerprint density at radius 3 is 2.57 bits per heavy atom. The Morgan fingerprint density at radius 1 is 1.21 bits per heavy atom. The van der Waals surface area contributed by atoms with Gasteiger partial charge in [0.25, 0.3) is 0 Å². The maximum Gasteiger partial charge on any atom is 0.319 e. The number of hydrogen-bond donors (Lipinski definition) is 1. The molecule has 80 valence electrons. The Kier molecular flexibility index (Phi) is 3.40. The molecule has 2 aliphatic rings. The first kappa shape index (κ1) is 9.97. The number of esters is 1. The van der Waals surface area contributed by atoms with Gasteiger partial charge in [-0.1, -0.05) is 12.8 Å².